The van der Waals surface area contributed by atoms with Gasteiger partial charge in [0.05, 0.1) is 11.2 Å². The van der Waals surface area contributed by atoms with Crippen LogP contribution in [-0.2, 0) is 11.2 Å². The Bertz CT molecular complexity index is 838. The number of pyridine rings is 1. The van der Waals surface area contributed by atoms with Gasteiger partial charge in [0.1, 0.15) is 12.1 Å². The number of aliphatic imine (C=N–C) groups is 1. The molecule has 2 fully saturated rings. The summed E-state index contributed by atoms with van der Waals surface area (Å²) in [6.07, 6.45) is 15.5. The minimum absolute atomic E-state index is 0.162. The lowest BCUT2D eigenvalue weighted by atomic mass is 9.83. The van der Waals surface area contributed by atoms with Gasteiger partial charge in [-0.05, 0) is 50.2 Å². The molecule has 1 aliphatic heterocycles. The lowest BCUT2D eigenvalue weighted by molar-refractivity contribution is -0.0870. The van der Waals surface area contributed by atoms with Gasteiger partial charge in [0.25, 0.3) is 0 Å². The first kappa shape index (κ1) is 23.5. The Labute approximate surface area is 180 Å². The van der Waals surface area contributed by atoms with E-state index in [2.05, 4.69) is 30.1 Å². The zero-order valence-corrected chi connectivity index (χ0v) is 18.1. The predicted octanol–water partition coefficient (Wildman–Crippen LogP) is 5.66. The highest BCUT2D eigenvalue weighted by atomic mass is 16.5. The molecule has 1 saturated carbocycles. The summed E-state index contributed by atoms with van der Waals surface area (Å²) in [5.41, 5.74) is 2.78. The molecule has 0 unspecified atom stereocenters. The highest BCUT2D eigenvalue weighted by Gasteiger charge is 2.40. The van der Waals surface area contributed by atoms with Crippen molar-refractivity contribution in [2.24, 2.45) is 10.9 Å². The first-order valence-electron chi connectivity index (χ1n) is 10.8. The van der Waals surface area contributed by atoms with Crippen molar-refractivity contribution in [2.45, 2.75) is 70.3 Å². The fourth-order valence-electron chi connectivity index (χ4n) is 4.13. The standard InChI is InChI=1S/C14H21NO.C11H11N3/c1-3-9-15-12(2)13-6-10-16-14(11-13)7-4-5-8-14;1-2-3-4-9-5-10(6-12)11(7-13)14-8-9/h3,9,13H,1-2,4-8,10-11H2;5,8H,2-4H2,1H3/t13-;/m1./s1. The molecule has 1 spiro atoms. The second kappa shape index (κ2) is 12.1. The number of aromatic nitrogens is 1. The van der Waals surface area contributed by atoms with E-state index in [1.807, 2.05) is 12.1 Å². The minimum atomic E-state index is 0.162. The highest BCUT2D eigenvalue weighted by Crippen LogP contribution is 2.43. The van der Waals surface area contributed by atoms with Crippen molar-refractivity contribution >= 4 is 6.21 Å². The second-order valence-corrected chi connectivity index (χ2v) is 8.00. The molecule has 1 aromatic rings. The van der Waals surface area contributed by atoms with E-state index in [1.54, 1.807) is 24.6 Å². The number of ether oxygens (including phenoxy) is 1. The van der Waals surface area contributed by atoms with Gasteiger partial charge < -0.3 is 4.74 Å². The van der Waals surface area contributed by atoms with Crippen molar-refractivity contribution < 1.29 is 4.74 Å². The van der Waals surface area contributed by atoms with Crippen LogP contribution in [0.5, 0.6) is 0 Å². The number of hydrogen-bond donors (Lipinski definition) is 0. The Morgan fingerprint density at radius 1 is 1.37 bits per heavy atom. The zero-order chi connectivity index (χ0) is 21.8. The van der Waals surface area contributed by atoms with E-state index in [0.717, 1.165) is 50.0 Å². The van der Waals surface area contributed by atoms with Gasteiger partial charge in [-0.25, -0.2) is 4.98 Å². The van der Waals surface area contributed by atoms with E-state index < -0.39 is 0 Å². The van der Waals surface area contributed by atoms with Gasteiger partial charge in [0, 0.05) is 30.6 Å². The van der Waals surface area contributed by atoms with Crippen LogP contribution in [0.4, 0.5) is 0 Å². The first-order chi connectivity index (χ1) is 14.6. The average molecular weight is 405 g/mol. The maximum absolute atomic E-state index is 8.76. The summed E-state index contributed by atoms with van der Waals surface area (Å²) in [4.78, 5) is 8.27. The lowest BCUT2D eigenvalue weighted by Crippen LogP contribution is -2.37. The number of allylic oxidation sites excluding steroid dienone is 2. The number of nitriles is 2. The Morgan fingerprint density at radius 3 is 2.77 bits per heavy atom. The van der Waals surface area contributed by atoms with Crippen LogP contribution in [-0.4, -0.2) is 23.4 Å². The van der Waals surface area contributed by atoms with Crippen LogP contribution in [0.1, 0.15) is 75.1 Å². The van der Waals surface area contributed by atoms with Crippen molar-refractivity contribution in [2.75, 3.05) is 6.61 Å². The molecule has 30 heavy (non-hydrogen) atoms. The van der Waals surface area contributed by atoms with Crippen LogP contribution in [0.15, 0.2) is 42.2 Å². The molecular weight excluding hydrogens is 372 g/mol. The van der Waals surface area contributed by atoms with E-state index in [1.165, 1.54) is 25.7 Å². The molecule has 158 valence electrons. The summed E-state index contributed by atoms with van der Waals surface area (Å²) in [7, 11) is 0. The molecule has 5 heteroatoms. The van der Waals surface area contributed by atoms with Crippen LogP contribution >= 0.6 is 0 Å². The lowest BCUT2D eigenvalue weighted by Gasteiger charge is -2.38. The number of aryl methyl sites for hydroxylation is 1. The fraction of sp³-hybridized carbons (Fsp3) is 0.520. The molecule has 5 nitrogen and oxygen atoms in total. The Balaban J connectivity index is 0.000000216. The van der Waals surface area contributed by atoms with Gasteiger partial charge in [0.2, 0.25) is 0 Å². The van der Waals surface area contributed by atoms with Crippen molar-refractivity contribution in [1.82, 2.24) is 4.98 Å². The SMILES string of the molecule is C=CC=NC(=C)[C@@H]1CCOC2(CCCC2)C1.CCCCc1cnc(C#N)c(C#N)c1. The second-order valence-electron chi connectivity index (χ2n) is 8.00. The van der Waals surface area contributed by atoms with Gasteiger partial charge in [-0.15, -0.1) is 0 Å². The fourth-order valence-corrected chi connectivity index (χ4v) is 4.13. The van der Waals surface area contributed by atoms with Gasteiger partial charge >= 0.3 is 0 Å². The molecule has 0 bridgehead atoms. The van der Waals surface area contributed by atoms with E-state index in [-0.39, 0.29) is 11.3 Å². The molecule has 0 amide bonds. The molecule has 3 rings (SSSR count). The molecule has 1 aromatic heterocycles. The van der Waals surface area contributed by atoms with Crippen LogP contribution in [0.3, 0.4) is 0 Å². The molecule has 1 atom stereocenters. The van der Waals surface area contributed by atoms with Crippen molar-refractivity contribution in [3.8, 4) is 12.1 Å². The average Bonchev–Trinajstić information content (AvgIpc) is 3.23. The van der Waals surface area contributed by atoms with Crippen LogP contribution in [0, 0.1) is 28.6 Å². The van der Waals surface area contributed by atoms with E-state index in [0.29, 0.717) is 11.5 Å². The third-order valence-corrected chi connectivity index (χ3v) is 5.81. The molecular formula is C25H32N4O. The molecule has 1 saturated heterocycles. The quantitative estimate of drug-likeness (QED) is 0.572. The maximum atomic E-state index is 8.76. The van der Waals surface area contributed by atoms with Gasteiger partial charge in [-0.2, -0.15) is 10.5 Å². The molecule has 2 heterocycles. The monoisotopic (exact) mass is 404 g/mol. The largest absolute Gasteiger partial charge is 0.375 e. The summed E-state index contributed by atoms with van der Waals surface area (Å²) in [6, 6.07) is 5.63. The van der Waals surface area contributed by atoms with E-state index in [4.69, 9.17) is 15.3 Å². The van der Waals surface area contributed by atoms with Crippen LogP contribution in [0.2, 0.25) is 0 Å². The van der Waals surface area contributed by atoms with E-state index in [9.17, 15) is 0 Å². The molecule has 2 aliphatic rings. The van der Waals surface area contributed by atoms with Crippen LogP contribution in [0.25, 0.3) is 0 Å². The van der Waals surface area contributed by atoms with Crippen molar-refractivity contribution in [3.63, 3.8) is 0 Å². The van der Waals surface area contributed by atoms with Crippen molar-refractivity contribution in [3.05, 3.63) is 54.0 Å². The summed E-state index contributed by atoms with van der Waals surface area (Å²) in [6.45, 7) is 10.7. The summed E-state index contributed by atoms with van der Waals surface area (Å²) < 4.78 is 6.00. The maximum Gasteiger partial charge on any atom is 0.158 e. The Kier molecular flexibility index (Phi) is 9.45. The summed E-state index contributed by atoms with van der Waals surface area (Å²) in [5, 5.41) is 17.4. The highest BCUT2D eigenvalue weighted by molar-refractivity contribution is 5.71. The molecule has 0 aromatic carbocycles. The summed E-state index contributed by atoms with van der Waals surface area (Å²) >= 11 is 0. The number of hydrogen-bond acceptors (Lipinski definition) is 5. The van der Waals surface area contributed by atoms with Gasteiger partial charge in [-0.3, -0.25) is 4.99 Å². The Hall–Kier alpha value is -2.76. The zero-order valence-electron chi connectivity index (χ0n) is 18.1. The molecule has 1 aliphatic carbocycles. The smallest absolute Gasteiger partial charge is 0.158 e. The minimum Gasteiger partial charge on any atom is -0.375 e. The predicted molar refractivity (Wildman–Crippen MR) is 120 cm³/mol. The van der Waals surface area contributed by atoms with Gasteiger partial charge in [0.15, 0.2) is 5.69 Å². The Morgan fingerprint density at radius 2 is 2.13 bits per heavy atom. The third kappa shape index (κ3) is 6.65. The third-order valence-electron chi connectivity index (χ3n) is 5.81. The summed E-state index contributed by atoms with van der Waals surface area (Å²) in [5.74, 6) is 0.503. The number of nitrogens with zero attached hydrogens (tertiary/aromatic N) is 4. The number of unbranched alkanes of at least 4 members (excludes halogenated alkanes) is 1. The molecule has 0 N–H and O–H groups in total. The van der Waals surface area contributed by atoms with Crippen molar-refractivity contribution in [1.29, 1.82) is 10.5 Å². The normalized spacial score (nSPS) is 19.5. The molecule has 0 radical (unpaired) electrons. The topological polar surface area (TPSA) is 82.1 Å². The number of rotatable bonds is 6. The van der Waals surface area contributed by atoms with E-state index >= 15 is 0 Å². The van der Waals surface area contributed by atoms with Gasteiger partial charge in [-0.1, -0.05) is 45.4 Å². The van der Waals surface area contributed by atoms with Crippen LogP contribution < -0.4 is 0 Å². The first-order valence-corrected chi connectivity index (χ1v) is 10.8.